The number of hydrogen-bond donors (Lipinski definition) is 0. The van der Waals surface area contributed by atoms with Crippen LogP contribution in [0.5, 0.6) is 0 Å². The van der Waals surface area contributed by atoms with Gasteiger partial charge in [0, 0.05) is 5.56 Å². The maximum atomic E-state index is 12.5. The quantitative estimate of drug-likeness (QED) is 0.771. The molecule has 2 nitrogen and oxygen atoms in total. The number of ketones is 1. The van der Waals surface area contributed by atoms with Crippen molar-refractivity contribution in [2.45, 2.75) is 33.1 Å². The summed E-state index contributed by atoms with van der Waals surface area (Å²) in [5, 5.41) is 0.956. The molecule has 1 heterocycles. The van der Waals surface area contributed by atoms with Gasteiger partial charge in [-0.25, -0.2) is 4.98 Å². The summed E-state index contributed by atoms with van der Waals surface area (Å²) >= 11 is 1.49. The van der Waals surface area contributed by atoms with Gasteiger partial charge in [0.2, 0.25) is 5.78 Å². The van der Waals surface area contributed by atoms with Gasteiger partial charge in [0.25, 0.3) is 0 Å². The van der Waals surface area contributed by atoms with Crippen LogP contribution >= 0.6 is 11.3 Å². The third-order valence-corrected chi connectivity index (χ3v) is 4.54. The summed E-state index contributed by atoms with van der Waals surface area (Å²) in [5.41, 5.74) is 4.41. The second-order valence-electron chi connectivity index (χ2n) is 4.81. The average Bonchev–Trinajstić information content (AvgIpc) is 2.93. The minimum absolute atomic E-state index is 0.118. The predicted molar refractivity (Wildman–Crippen MR) is 73.5 cm³/mol. The molecule has 3 rings (SSSR count). The van der Waals surface area contributed by atoms with Crippen LogP contribution in [-0.2, 0) is 12.8 Å². The summed E-state index contributed by atoms with van der Waals surface area (Å²) in [7, 11) is 0. The van der Waals surface area contributed by atoms with E-state index in [0.717, 1.165) is 34.0 Å². The van der Waals surface area contributed by atoms with Crippen molar-refractivity contribution in [3.63, 3.8) is 0 Å². The smallest absolute Gasteiger partial charge is 0.204 e. The molecule has 92 valence electrons. The minimum atomic E-state index is 0.118. The number of aryl methyl sites for hydroxylation is 4. The number of nitrogens with zero attached hydrogens (tertiary/aromatic N) is 1. The number of aromatic nitrogens is 1. The molecule has 0 unspecified atom stereocenters. The second-order valence-corrected chi connectivity index (χ2v) is 6.02. The average molecular weight is 257 g/mol. The van der Waals surface area contributed by atoms with E-state index in [9.17, 15) is 4.79 Å². The summed E-state index contributed by atoms with van der Waals surface area (Å²) in [4.78, 5) is 17.6. The fraction of sp³-hybridized carbons (Fsp3) is 0.333. The molecule has 18 heavy (non-hydrogen) atoms. The topological polar surface area (TPSA) is 30.0 Å². The third kappa shape index (κ3) is 1.89. The van der Waals surface area contributed by atoms with Gasteiger partial charge < -0.3 is 0 Å². The van der Waals surface area contributed by atoms with Crippen molar-refractivity contribution in [2.75, 3.05) is 0 Å². The van der Waals surface area contributed by atoms with Gasteiger partial charge in [-0.05, 0) is 50.3 Å². The summed E-state index contributed by atoms with van der Waals surface area (Å²) in [6.45, 7) is 3.85. The van der Waals surface area contributed by atoms with Crippen molar-refractivity contribution >= 4 is 17.1 Å². The van der Waals surface area contributed by atoms with Crippen molar-refractivity contribution in [2.24, 2.45) is 0 Å². The second kappa shape index (κ2) is 4.32. The van der Waals surface area contributed by atoms with Gasteiger partial charge in [-0.1, -0.05) is 12.1 Å². The van der Waals surface area contributed by atoms with Crippen molar-refractivity contribution in [3.8, 4) is 0 Å². The van der Waals surface area contributed by atoms with Crippen LogP contribution in [0.1, 0.15) is 43.5 Å². The minimum Gasteiger partial charge on any atom is -0.288 e. The van der Waals surface area contributed by atoms with Gasteiger partial charge in [0.15, 0.2) is 0 Å². The SMILES string of the molecule is Cc1nc(C)c(C(=O)c2ccc3c(c2)CCC3)s1. The number of thiazole rings is 1. The van der Waals surface area contributed by atoms with E-state index < -0.39 is 0 Å². The van der Waals surface area contributed by atoms with E-state index in [-0.39, 0.29) is 5.78 Å². The van der Waals surface area contributed by atoms with E-state index >= 15 is 0 Å². The van der Waals surface area contributed by atoms with Crippen LogP contribution in [0.25, 0.3) is 0 Å². The molecule has 0 atom stereocenters. The standard InChI is InChI=1S/C15H15NOS/c1-9-15(18-10(2)16-9)14(17)13-7-6-11-4-3-5-12(11)8-13/h6-8H,3-5H2,1-2H3. The highest BCUT2D eigenvalue weighted by Gasteiger charge is 2.18. The van der Waals surface area contributed by atoms with Crippen LogP contribution in [0.3, 0.4) is 0 Å². The zero-order valence-electron chi connectivity index (χ0n) is 10.6. The lowest BCUT2D eigenvalue weighted by atomic mass is 10.0. The molecular weight excluding hydrogens is 242 g/mol. The van der Waals surface area contributed by atoms with E-state index in [1.54, 1.807) is 0 Å². The van der Waals surface area contributed by atoms with Gasteiger partial charge >= 0.3 is 0 Å². The highest BCUT2D eigenvalue weighted by atomic mass is 32.1. The summed E-state index contributed by atoms with van der Waals surface area (Å²) in [6.07, 6.45) is 3.48. The summed E-state index contributed by atoms with van der Waals surface area (Å²) < 4.78 is 0. The number of carbonyl (C=O) groups excluding carboxylic acids is 1. The molecule has 0 aliphatic heterocycles. The Morgan fingerprint density at radius 1 is 1.22 bits per heavy atom. The lowest BCUT2D eigenvalue weighted by molar-refractivity contribution is 0.104. The number of fused-ring (bicyclic) bond motifs is 1. The first kappa shape index (κ1) is 11.6. The van der Waals surface area contributed by atoms with Crippen molar-refractivity contribution in [1.82, 2.24) is 4.98 Å². The Balaban J connectivity index is 2.00. The summed E-state index contributed by atoms with van der Waals surface area (Å²) in [6, 6.07) is 6.14. The predicted octanol–water partition coefficient (Wildman–Crippen LogP) is 3.48. The summed E-state index contributed by atoms with van der Waals surface area (Å²) in [5.74, 6) is 0.118. The molecule has 1 aromatic heterocycles. The largest absolute Gasteiger partial charge is 0.288 e. The van der Waals surface area contributed by atoms with Crippen LogP contribution in [0, 0.1) is 13.8 Å². The molecule has 1 aromatic carbocycles. The lowest BCUT2D eigenvalue weighted by Gasteiger charge is -2.03. The first-order valence-electron chi connectivity index (χ1n) is 6.25. The Morgan fingerprint density at radius 3 is 2.72 bits per heavy atom. The molecule has 0 saturated heterocycles. The molecular formula is C15H15NOS. The highest BCUT2D eigenvalue weighted by Crippen LogP contribution is 2.26. The monoisotopic (exact) mass is 257 g/mol. The Morgan fingerprint density at radius 2 is 2.00 bits per heavy atom. The van der Waals surface area contributed by atoms with Crippen molar-refractivity contribution < 1.29 is 4.79 Å². The molecule has 0 radical (unpaired) electrons. The maximum absolute atomic E-state index is 12.5. The molecule has 0 spiro atoms. The van der Waals surface area contributed by atoms with Crippen LogP contribution in [0.2, 0.25) is 0 Å². The van der Waals surface area contributed by atoms with E-state index in [1.807, 2.05) is 19.9 Å². The fourth-order valence-corrected chi connectivity index (χ4v) is 3.47. The first-order valence-corrected chi connectivity index (χ1v) is 7.07. The van der Waals surface area contributed by atoms with Gasteiger partial charge in [-0.2, -0.15) is 0 Å². The van der Waals surface area contributed by atoms with Crippen LogP contribution < -0.4 is 0 Å². The maximum Gasteiger partial charge on any atom is 0.204 e. The molecule has 3 heteroatoms. The zero-order valence-corrected chi connectivity index (χ0v) is 11.4. The van der Waals surface area contributed by atoms with E-state index in [0.29, 0.717) is 0 Å². The molecule has 0 N–H and O–H groups in total. The number of benzene rings is 1. The lowest BCUT2D eigenvalue weighted by Crippen LogP contribution is -2.01. The molecule has 0 fully saturated rings. The molecule has 1 aliphatic carbocycles. The molecule has 0 amide bonds. The van der Waals surface area contributed by atoms with Gasteiger partial charge in [-0.3, -0.25) is 4.79 Å². The molecule has 0 bridgehead atoms. The normalized spacial score (nSPS) is 13.7. The van der Waals surface area contributed by atoms with Crippen LogP contribution in [-0.4, -0.2) is 10.8 Å². The number of hydrogen-bond acceptors (Lipinski definition) is 3. The Labute approximate surface area is 111 Å². The van der Waals surface area contributed by atoms with E-state index in [1.165, 1.54) is 28.9 Å². The molecule has 0 saturated carbocycles. The number of rotatable bonds is 2. The fourth-order valence-electron chi connectivity index (χ4n) is 2.59. The Hall–Kier alpha value is -1.48. The molecule has 2 aromatic rings. The Bertz CT molecular complexity index is 627. The van der Waals surface area contributed by atoms with Gasteiger partial charge in [-0.15, -0.1) is 11.3 Å². The zero-order chi connectivity index (χ0) is 12.7. The van der Waals surface area contributed by atoms with E-state index in [2.05, 4.69) is 17.1 Å². The van der Waals surface area contributed by atoms with Gasteiger partial charge in [0.05, 0.1) is 15.6 Å². The third-order valence-electron chi connectivity index (χ3n) is 3.47. The van der Waals surface area contributed by atoms with Gasteiger partial charge in [0.1, 0.15) is 0 Å². The highest BCUT2D eigenvalue weighted by molar-refractivity contribution is 7.14. The van der Waals surface area contributed by atoms with Crippen LogP contribution in [0.15, 0.2) is 18.2 Å². The number of carbonyl (C=O) groups is 1. The Kier molecular flexibility index (Phi) is 2.78. The molecule has 1 aliphatic rings. The van der Waals surface area contributed by atoms with Crippen molar-refractivity contribution in [3.05, 3.63) is 50.5 Å². The van der Waals surface area contributed by atoms with Crippen LogP contribution in [0.4, 0.5) is 0 Å². The van der Waals surface area contributed by atoms with Crippen molar-refractivity contribution in [1.29, 1.82) is 0 Å². The van der Waals surface area contributed by atoms with E-state index in [4.69, 9.17) is 0 Å². The first-order chi connectivity index (χ1) is 8.65.